The van der Waals surface area contributed by atoms with Crippen molar-refractivity contribution < 1.29 is 19.3 Å². The Bertz CT molecular complexity index is 361. The predicted molar refractivity (Wildman–Crippen MR) is 62.0 cm³/mol. The van der Waals surface area contributed by atoms with Crippen molar-refractivity contribution in [2.24, 2.45) is 0 Å². The number of rotatable bonds is 2. The average molecular weight is 322 g/mol. The van der Waals surface area contributed by atoms with Gasteiger partial charge < -0.3 is 19.3 Å². The van der Waals surface area contributed by atoms with Crippen LogP contribution in [0.4, 0.5) is 0 Å². The van der Waals surface area contributed by atoms with E-state index >= 15 is 0 Å². The second-order valence-electron chi connectivity index (χ2n) is 3.12. The molecule has 0 spiro atoms. The van der Waals surface area contributed by atoms with Crippen LogP contribution in [0, 0.1) is 3.57 Å². The van der Waals surface area contributed by atoms with E-state index < -0.39 is 6.29 Å². The first-order valence-electron chi connectivity index (χ1n) is 4.52. The maximum atomic E-state index is 9.89. The molecule has 0 saturated carbocycles. The molecule has 0 bridgehead atoms. The molecule has 15 heavy (non-hydrogen) atoms. The van der Waals surface area contributed by atoms with Gasteiger partial charge in [0.15, 0.2) is 17.8 Å². The van der Waals surface area contributed by atoms with E-state index in [0.29, 0.717) is 24.5 Å². The monoisotopic (exact) mass is 322 g/mol. The van der Waals surface area contributed by atoms with Gasteiger partial charge in [0.2, 0.25) is 0 Å². The first-order valence-corrected chi connectivity index (χ1v) is 5.60. The van der Waals surface area contributed by atoms with Crippen molar-refractivity contribution in [3.8, 4) is 11.5 Å². The SMILES string of the molecule is COc1cc(I)cc(C2OCCO2)c1O. The lowest BCUT2D eigenvalue weighted by Gasteiger charge is -2.14. The van der Waals surface area contributed by atoms with E-state index in [1.165, 1.54) is 7.11 Å². The standard InChI is InChI=1S/C10H11IO4/c1-13-8-5-6(11)4-7(9(8)12)10-14-2-3-15-10/h4-5,10,12H,2-3H2,1H3. The van der Waals surface area contributed by atoms with Crippen molar-refractivity contribution in [2.45, 2.75) is 6.29 Å². The number of phenols is 1. The van der Waals surface area contributed by atoms with Crippen LogP contribution in [0.25, 0.3) is 0 Å². The molecule has 1 aromatic rings. The lowest BCUT2D eigenvalue weighted by molar-refractivity contribution is -0.0456. The summed E-state index contributed by atoms with van der Waals surface area (Å²) in [4.78, 5) is 0. The number of hydrogen-bond acceptors (Lipinski definition) is 4. The third-order valence-electron chi connectivity index (χ3n) is 2.16. The van der Waals surface area contributed by atoms with Gasteiger partial charge >= 0.3 is 0 Å². The minimum absolute atomic E-state index is 0.0878. The third-order valence-corrected chi connectivity index (χ3v) is 2.79. The molecule has 5 heteroatoms. The van der Waals surface area contributed by atoms with Crippen LogP contribution in [-0.4, -0.2) is 25.4 Å². The van der Waals surface area contributed by atoms with E-state index in [1.807, 2.05) is 6.07 Å². The largest absolute Gasteiger partial charge is 0.504 e. The van der Waals surface area contributed by atoms with E-state index in [9.17, 15) is 5.11 Å². The molecular formula is C10H11IO4. The molecule has 0 aliphatic carbocycles. The van der Waals surface area contributed by atoms with Crippen molar-refractivity contribution >= 4 is 22.6 Å². The van der Waals surface area contributed by atoms with Gasteiger partial charge in [0.05, 0.1) is 25.9 Å². The molecule has 1 aromatic carbocycles. The highest BCUT2D eigenvalue weighted by atomic mass is 127. The first kappa shape index (κ1) is 11.0. The number of halogens is 1. The van der Waals surface area contributed by atoms with Crippen LogP contribution in [0.15, 0.2) is 12.1 Å². The zero-order chi connectivity index (χ0) is 10.8. The lowest BCUT2D eigenvalue weighted by atomic mass is 10.2. The van der Waals surface area contributed by atoms with Crippen LogP contribution in [0.5, 0.6) is 11.5 Å². The maximum absolute atomic E-state index is 9.89. The zero-order valence-corrected chi connectivity index (χ0v) is 10.4. The van der Waals surface area contributed by atoms with Crippen LogP contribution < -0.4 is 4.74 Å². The number of aromatic hydroxyl groups is 1. The Balaban J connectivity index is 2.40. The number of phenolic OH excluding ortho intramolecular Hbond substituents is 1. The van der Waals surface area contributed by atoms with E-state index in [2.05, 4.69) is 22.6 Å². The van der Waals surface area contributed by atoms with Crippen LogP contribution in [0.1, 0.15) is 11.9 Å². The summed E-state index contributed by atoms with van der Waals surface area (Å²) in [5.74, 6) is 0.529. The summed E-state index contributed by atoms with van der Waals surface area (Å²) in [5.41, 5.74) is 0.622. The van der Waals surface area contributed by atoms with Crippen LogP contribution in [-0.2, 0) is 9.47 Å². The van der Waals surface area contributed by atoms with Gasteiger partial charge in [-0.1, -0.05) is 0 Å². The molecule has 0 unspecified atom stereocenters. The molecule has 1 saturated heterocycles. The summed E-state index contributed by atoms with van der Waals surface area (Å²) in [6.07, 6.45) is -0.478. The molecule has 0 amide bonds. The Morgan fingerprint density at radius 2 is 2.07 bits per heavy atom. The van der Waals surface area contributed by atoms with E-state index in [1.54, 1.807) is 6.07 Å². The van der Waals surface area contributed by atoms with E-state index in [4.69, 9.17) is 14.2 Å². The Labute approximate surface area is 101 Å². The normalized spacial score (nSPS) is 16.9. The Hall–Kier alpha value is -0.530. The minimum atomic E-state index is -0.478. The minimum Gasteiger partial charge on any atom is -0.504 e. The topological polar surface area (TPSA) is 47.9 Å². The number of benzene rings is 1. The summed E-state index contributed by atoms with van der Waals surface area (Å²) in [7, 11) is 1.52. The smallest absolute Gasteiger partial charge is 0.187 e. The molecule has 1 fully saturated rings. The van der Waals surface area contributed by atoms with E-state index in [0.717, 1.165) is 3.57 Å². The molecule has 1 aliphatic rings. The van der Waals surface area contributed by atoms with Crippen molar-refractivity contribution in [1.82, 2.24) is 0 Å². The molecule has 4 nitrogen and oxygen atoms in total. The molecule has 1 N–H and O–H groups in total. The summed E-state index contributed by atoms with van der Waals surface area (Å²) < 4.78 is 16.7. The second kappa shape index (κ2) is 4.54. The summed E-state index contributed by atoms with van der Waals surface area (Å²) in [6, 6.07) is 3.59. The Morgan fingerprint density at radius 3 is 2.67 bits per heavy atom. The van der Waals surface area contributed by atoms with Crippen LogP contribution >= 0.6 is 22.6 Å². The van der Waals surface area contributed by atoms with Gasteiger partial charge in [-0.3, -0.25) is 0 Å². The van der Waals surface area contributed by atoms with Crippen molar-refractivity contribution in [3.05, 3.63) is 21.3 Å². The Morgan fingerprint density at radius 1 is 1.40 bits per heavy atom. The molecule has 0 atom stereocenters. The maximum Gasteiger partial charge on any atom is 0.187 e. The first-order chi connectivity index (χ1) is 7.22. The van der Waals surface area contributed by atoms with Gasteiger partial charge in [0.1, 0.15) is 0 Å². The number of ether oxygens (including phenoxy) is 3. The average Bonchev–Trinajstić information content (AvgIpc) is 2.74. The van der Waals surface area contributed by atoms with Crippen molar-refractivity contribution in [2.75, 3.05) is 20.3 Å². The molecule has 2 rings (SSSR count). The Kier molecular flexibility index (Phi) is 3.32. The molecule has 1 heterocycles. The van der Waals surface area contributed by atoms with Gasteiger partial charge in [0.25, 0.3) is 0 Å². The number of methoxy groups -OCH3 is 1. The molecule has 82 valence electrons. The zero-order valence-electron chi connectivity index (χ0n) is 8.20. The molecule has 0 radical (unpaired) electrons. The summed E-state index contributed by atoms with van der Waals surface area (Å²) in [6.45, 7) is 1.11. The third kappa shape index (κ3) is 2.19. The van der Waals surface area contributed by atoms with Gasteiger partial charge in [-0.25, -0.2) is 0 Å². The van der Waals surface area contributed by atoms with Crippen LogP contribution in [0.3, 0.4) is 0 Å². The number of hydrogen-bond donors (Lipinski definition) is 1. The van der Waals surface area contributed by atoms with E-state index in [-0.39, 0.29) is 5.75 Å². The lowest BCUT2D eigenvalue weighted by Crippen LogP contribution is -2.00. The highest BCUT2D eigenvalue weighted by Gasteiger charge is 2.24. The molecule has 1 aliphatic heterocycles. The summed E-state index contributed by atoms with van der Waals surface area (Å²) in [5, 5.41) is 9.89. The fourth-order valence-corrected chi connectivity index (χ4v) is 2.09. The fraction of sp³-hybridized carbons (Fsp3) is 0.400. The van der Waals surface area contributed by atoms with Crippen LogP contribution in [0.2, 0.25) is 0 Å². The summed E-state index contributed by atoms with van der Waals surface area (Å²) >= 11 is 2.16. The second-order valence-corrected chi connectivity index (χ2v) is 4.37. The fourth-order valence-electron chi connectivity index (χ4n) is 1.47. The highest BCUT2D eigenvalue weighted by Crippen LogP contribution is 2.38. The van der Waals surface area contributed by atoms with Crippen molar-refractivity contribution in [1.29, 1.82) is 0 Å². The molecular weight excluding hydrogens is 311 g/mol. The quantitative estimate of drug-likeness (QED) is 0.847. The van der Waals surface area contributed by atoms with Gasteiger partial charge in [0, 0.05) is 3.57 Å². The highest BCUT2D eigenvalue weighted by molar-refractivity contribution is 14.1. The van der Waals surface area contributed by atoms with Gasteiger partial charge in [-0.15, -0.1) is 0 Å². The molecule has 0 aromatic heterocycles. The van der Waals surface area contributed by atoms with Gasteiger partial charge in [-0.2, -0.15) is 0 Å². The predicted octanol–water partition coefficient (Wildman–Crippen LogP) is 2.05. The van der Waals surface area contributed by atoms with Crippen molar-refractivity contribution in [3.63, 3.8) is 0 Å². The van der Waals surface area contributed by atoms with Gasteiger partial charge in [-0.05, 0) is 34.7 Å².